The molecule has 7 heteroatoms. The van der Waals surface area contributed by atoms with E-state index in [0.717, 1.165) is 11.3 Å². The lowest BCUT2D eigenvalue weighted by Crippen LogP contribution is -2.72. The van der Waals surface area contributed by atoms with Crippen molar-refractivity contribution in [2.75, 3.05) is 18.9 Å². The van der Waals surface area contributed by atoms with Gasteiger partial charge in [-0.25, -0.2) is 0 Å². The van der Waals surface area contributed by atoms with Crippen LogP contribution < -0.4 is 11.1 Å². The van der Waals surface area contributed by atoms with Gasteiger partial charge in [0.1, 0.15) is 17.5 Å². The first-order valence-corrected chi connectivity index (χ1v) is 8.30. The van der Waals surface area contributed by atoms with Crippen LogP contribution in [-0.2, 0) is 9.59 Å². The zero-order chi connectivity index (χ0) is 15.7. The van der Waals surface area contributed by atoms with Crippen molar-refractivity contribution in [2.24, 2.45) is 11.7 Å². The zero-order valence-electron chi connectivity index (χ0n) is 12.0. The maximum Gasteiger partial charge on any atom is 0.249 e. The molecule has 0 radical (unpaired) electrons. The second kappa shape index (κ2) is 6.28. The number of hydrogen-bond acceptors (Lipinski definition) is 5. The Kier molecular flexibility index (Phi) is 4.37. The summed E-state index contributed by atoms with van der Waals surface area (Å²) in [5.41, 5.74) is 6.67. The van der Waals surface area contributed by atoms with E-state index in [1.807, 2.05) is 18.2 Å². The standard InChI is InChI=1S/C15H19N3O3S/c16-11(10-4-2-1-3-5-10)13(20)17-12-14(21)18-6-9(7-19)8-22-15(12)18/h1-5,9,11-12,15,19H,6-8,16H2,(H,17,20). The number of β-lactam (4-membered cyclic amide) rings is 1. The molecule has 0 aliphatic carbocycles. The summed E-state index contributed by atoms with van der Waals surface area (Å²) < 4.78 is 0. The van der Waals surface area contributed by atoms with Crippen LogP contribution in [0, 0.1) is 5.92 Å². The summed E-state index contributed by atoms with van der Waals surface area (Å²) in [7, 11) is 0. The van der Waals surface area contributed by atoms with Gasteiger partial charge in [0.15, 0.2) is 0 Å². The highest BCUT2D eigenvalue weighted by molar-refractivity contribution is 8.00. The number of carbonyl (C=O) groups is 2. The van der Waals surface area contributed by atoms with E-state index in [2.05, 4.69) is 5.32 Å². The molecule has 6 nitrogen and oxygen atoms in total. The lowest BCUT2D eigenvalue weighted by Gasteiger charge is -2.51. The summed E-state index contributed by atoms with van der Waals surface area (Å²) in [6.07, 6.45) is 0. The molecule has 2 aliphatic rings. The third kappa shape index (κ3) is 2.71. The van der Waals surface area contributed by atoms with Crippen molar-refractivity contribution >= 4 is 23.6 Å². The number of aliphatic hydroxyl groups is 1. The Labute approximate surface area is 133 Å². The van der Waals surface area contributed by atoms with Crippen molar-refractivity contribution in [3.05, 3.63) is 35.9 Å². The van der Waals surface area contributed by atoms with Crippen molar-refractivity contribution in [2.45, 2.75) is 17.5 Å². The van der Waals surface area contributed by atoms with E-state index in [1.165, 1.54) is 0 Å². The number of nitrogens with one attached hydrogen (secondary N) is 1. The molecule has 0 saturated carbocycles. The van der Waals surface area contributed by atoms with Crippen LogP contribution in [0.5, 0.6) is 0 Å². The Morgan fingerprint density at radius 3 is 2.86 bits per heavy atom. The van der Waals surface area contributed by atoms with Crippen LogP contribution in [0.4, 0.5) is 0 Å². The second-order valence-electron chi connectivity index (χ2n) is 5.64. The van der Waals surface area contributed by atoms with E-state index in [-0.39, 0.29) is 29.7 Å². The van der Waals surface area contributed by atoms with Gasteiger partial charge in [-0.3, -0.25) is 9.59 Å². The SMILES string of the molecule is NC(C(=O)NC1C(=O)N2CC(CO)CSC12)c1ccccc1. The molecule has 1 aromatic carbocycles. The van der Waals surface area contributed by atoms with Crippen LogP contribution in [-0.4, -0.2) is 52.1 Å². The van der Waals surface area contributed by atoms with Gasteiger partial charge in [0.2, 0.25) is 11.8 Å². The fourth-order valence-corrected chi connectivity index (χ4v) is 4.19. The Morgan fingerprint density at radius 1 is 1.45 bits per heavy atom. The zero-order valence-corrected chi connectivity index (χ0v) is 12.8. The minimum atomic E-state index is -0.776. The average Bonchev–Trinajstić information content (AvgIpc) is 2.58. The highest BCUT2D eigenvalue weighted by Crippen LogP contribution is 2.36. The van der Waals surface area contributed by atoms with Gasteiger partial charge >= 0.3 is 0 Å². The summed E-state index contributed by atoms with van der Waals surface area (Å²) in [5, 5.41) is 11.9. The number of hydrogen-bond donors (Lipinski definition) is 3. The molecule has 4 unspecified atom stereocenters. The summed E-state index contributed by atoms with van der Waals surface area (Å²) in [5.74, 6) is 0.481. The van der Waals surface area contributed by atoms with Crippen molar-refractivity contribution in [3.8, 4) is 0 Å². The molecular formula is C15H19N3O3S. The van der Waals surface area contributed by atoms with E-state index in [0.29, 0.717) is 6.54 Å². The predicted molar refractivity (Wildman–Crippen MR) is 83.8 cm³/mol. The van der Waals surface area contributed by atoms with Crippen LogP contribution in [0.25, 0.3) is 0 Å². The van der Waals surface area contributed by atoms with Crippen LogP contribution in [0.15, 0.2) is 30.3 Å². The van der Waals surface area contributed by atoms with Crippen molar-refractivity contribution in [3.63, 3.8) is 0 Å². The monoisotopic (exact) mass is 321 g/mol. The Morgan fingerprint density at radius 2 is 2.18 bits per heavy atom. The predicted octanol–water partition coefficient (Wildman–Crippen LogP) is -0.305. The molecule has 0 aromatic heterocycles. The van der Waals surface area contributed by atoms with Crippen LogP contribution in [0.2, 0.25) is 0 Å². The van der Waals surface area contributed by atoms with Crippen molar-refractivity contribution < 1.29 is 14.7 Å². The number of benzene rings is 1. The molecular weight excluding hydrogens is 302 g/mol. The van der Waals surface area contributed by atoms with Crippen molar-refractivity contribution in [1.29, 1.82) is 0 Å². The fraction of sp³-hybridized carbons (Fsp3) is 0.467. The lowest BCUT2D eigenvalue weighted by atomic mass is 10.0. The molecule has 0 bridgehead atoms. The highest BCUT2D eigenvalue weighted by Gasteiger charge is 2.51. The first-order chi connectivity index (χ1) is 10.6. The Balaban J connectivity index is 1.60. The largest absolute Gasteiger partial charge is 0.396 e. The van der Waals surface area contributed by atoms with Crippen LogP contribution >= 0.6 is 11.8 Å². The van der Waals surface area contributed by atoms with Gasteiger partial charge in [0.05, 0.1) is 0 Å². The third-order valence-electron chi connectivity index (χ3n) is 4.10. The molecule has 2 fully saturated rings. The smallest absolute Gasteiger partial charge is 0.249 e. The Hall–Kier alpha value is -1.57. The van der Waals surface area contributed by atoms with E-state index < -0.39 is 12.1 Å². The number of fused-ring (bicyclic) bond motifs is 1. The molecule has 4 N–H and O–H groups in total. The fourth-order valence-electron chi connectivity index (χ4n) is 2.77. The van der Waals surface area contributed by atoms with E-state index in [1.54, 1.807) is 28.8 Å². The van der Waals surface area contributed by atoms with Gasteiger partial charge in [-0.2, -0.15) is 0 Å². The normalized spacial score (nSPS) is 28.5. The van der Waals surface area contributed by atoms with Gasteiger partial charge in [-0.15, -0.1) is 11.8 Å². The topological polar surface area (TPSA) is 95.7 Å². The van der Waals surface area contributed by atoms with Gasteiger partial charge in [-0.1, -0.05) is 30.3 Å². The van der Waals surface area contributed by atoms with Gasteiger partial charge < -0.3 is 21.1 Å². The minimum Gasteiger partial charge on any atom is -0.396 e. The van der Waals surface area contributed by atoms with Gasteiger partial charge in [0.25, 0.3) is 0 Å². The van der Waals surface area contributed by atoms with Crippen molar-refractivity contribution in [1.82, 2.24) is 10.2 Å². The molecule has 4 atom stereocenters. The molecule has 2 saturated heterocycles. The quantitative estimate of drug-likeness (QED) is 0.662. The molecule has 118 valence electrons. The molecule has 0 spiro atoms. The molecule has 2 heterocycles. The van der Waals surface area contributed by atoms with Crippen LogP contribution in [0.1, 0.15) is 11.6 Å². The average molecular weight is 321 g/mol. The van der Waals surface area contributed by atoms with Gasteiger partial charge in [-0.05, 0) is 5.56 Å². The van der Waals surface area contributed by atoms with E-state index in [9.17, 15) is 14.7 Å². The number of carbonyl (C=O) groups excluding carboxylic acids is 2. The number of nitrogens with zero attached hydrogens (tertiary/aromatic N) is 1. The number of rotatable bonds is 4. The third-order valence-corrected chi connectivity index (χ3v) is 5.63. The van der Waals surface area contributed by atoms with E-state index >= 15 is 0 Å². The molecule has 2 amide bonds. The molecule has 22 heavy (non-hydrogen) atoms. The second-order valence-corrected chi connectivity index (χ2v) is 6.79. The summed E-state index contributed by atoms with van der Waals surface area (Å²) in [6.45, 7) is 0.642. The number of nitrogens with two attached hydrogens (primary N) is 1. The summed E-state index contributed by atoms with van der Waals surface area (Å²) in [6, 6.07) is 7.81. The van der Waals surface area contributed by atoms with Gasteiger partial charge in [0, 0.05) is 24.8 Å². The summed E-state index contributed by atoms with van der Waals surface area (Å²) in [4.78, 5) is 26.1. The number of amides is 2. The number of thioether (sulfide) groups is 1. The first kappa shape index (κ1) is 15.3. The molecule has 2 aliphatic heterocycles. The summed E-state index contributed by atoms with van der Waals surface area (Å²) >= 11 is 1.60. The maximum atomic E-state index is 12.2. The molecule has 1 aromatic rings. The van der Waals surface area contributed by atoms with Crippen LogP contribution in [0.3, 0.4) is 0 Å². The highest BCUT2D eigenvalue weighted by atomic mass is 32.2. The first-order valence-electron chi connectivity index (χ1n) is 7.25. The van der Waals surface area contributed by atoms with E-state index in [4.69, 9.17) is 5.73 Å². The molecule has 3 rings (SSSR count). The maximum absolute atomic E-state index is 12.2. The minimum absolute atomic E-state index is 0.0396. The Bertz CT molecular complexity index is 568. The lowest BCUT2D eigenvalue weighted by molar-refractivity contribution is -0.150. The number of aliphatic hydroxyl groups excluding tert-OH is 1.